The summed E-state index contributed by atoms with van der Waals surface area (Å²) in [6.07, 6.45) is 1.74. The molecular formula is C24H23N3O2. The van der Waals surface area contributed by atoms with E-state index >= 15 is 0 Å². The van der Waals surface area contributed by atoms with E-state index in [1.807, 2.05) is 50.2 Å². The van der Waals surface area contributed by atoms with Crippen molar-refractivity contribution < 1.29 is 4.79 Å². The lowest BCUT2D eigenvalue weighted by molar-refractivity contribution is -0.121. The normalized spacial score (nSPS) is 12.2. The maximum Gasteiger partial charge on any atom is 0.261 e. The summed E-state index contributed by atoms with van der Waals surface area (Å²) in [6.45, 7) is 4.21. The van der Waals surface area contributed by atoms with Gasteiger partial charge in [0.25, 0.3) is 5.56 Å². The molecule has 5 nitrogen and oxygen atoms in total. The summed E-state index contributed by atoms with van der Waals surface area (Å²) in [6, 6.07) is 19.7. The molecule has 146 valence electrons. The first kappa shape index (κ1) is 18.9. The van der Waals surface area contributed by atoms with Gasteiger partial charge in [-0.1, -0.05) is 54.6 Å². The molecule has 0 aliphatic rings. The second-order valence-corrected chi connectivity index (χ2v) is 7.32. The van der Waals surface area contributed by atoms with Gasteiger partial charge in [-0.3, -0.25) is 14.2 Å². The van der Waals surface area contributed by atoms with E-state index in [9.17, 15) is 9.59 Å². The minimum absolute atomic E-state index is 0.0957. The molecule has 0 radical (unpaired) electrons. The van der Waals surface area contributed by atoms with Crippen LogP contribution in [0.2, 0.25) is 0 Å². The number of aromatic nitrogens is 2. The number of hydrogen-bond acceptors (Lipinski definition) is 3. The molecule has 4 aromatic rings. The van der Waals surface area contributed by atoms with Crippen LogP contribution in [0.25, 0.3) is 21.7 Å². The average Bonchev–Trinajstić information content (AvgIpc) is 2.73. The first-order chi connectivity index (χ1) is 14.0. The zero-order chi connectivity index (χ0) is 20.4. The topological polar surface area (TPSA) is 64.0 Å². The van der Waals surface area contributed by atoms with Crippen molar-refractivity contribution in [3.63, 3.8) is 0 Å². The molecule has 1 amide bonds. The van der Waals surface area contributed by atoms with E-state index in [4.69, 9.17) is 0 Å². The molecule has 5 heteroatoms. The first-order valence-corrected chi connectivity index (χ1v) is 9.76. The van der Waals surface area contributed by atoms with Crippen molar-refractivity contribution in [2.45, 2.75) is 32.9 Å². The molecule has 0 saturated heterocycles. The molecule has 0 aliphatic carbocycles. The Labute approximate surface area is 169 Å². The molecule has 3 aromatic carbocycles. The molecule has 1 unspecified atom stereocenters. The zero-order valence-corrected chi connectivity index (χ0v) is 16.6. The predicted octanol–water partition coefficient (Wildman–Crippen LogP) is 4.13. The Hall–Kier alpha value is -3.47. The summed E-state index contributed by atoms with van der Waals surface area (Å²) in [7, 11) is 0. The number of benzene rings is 3. The molecule has 0 aliphatic heterocycles. The third-order valence-corrected chi connectivity index (χ3v) is 5.30. The van der Waals surface area contributed by atoms with Crippen LogP contribution in [0.1, 0.15) is 30.5 Å². The van der Waals surface area contributed by atoms with Crippen LogP contribution in [-0.2, 0) is 11.3 Å². The van der Waals surface area contributed by atoms with Gasteiger partial charge in [0.15, 0.2) is 0 Å². The second-order valence-electron chi connectivity index (χ2n) is 7.32. The maximum absolute atomic E-state index is 12.7. The van der Waals surface area contributed by atoms with Gasteiger partial charge in [-0.2, -0.15) is 0 Å². The molecule has 0 fully saturated rings. The molecule has 4 rings (SSSR count). The van der Waals surface area contributed by atoms with E-state index in [-0.39, 0.29) is 23.9 Å². The van der Waals surface area contributed by atoms with Gasteiger partial charge in [-0.25, -0.2) is 4.98 Å². The third kappa shape index (κ3) is 3.76. The molecule has 29 heavy (non-hydrogen) atoms. The second kappa shape index (κ2) is 7.87. The van der Waals surface area contributed by atoms with Crippen molar-refractivity contribution in [3.05, 3.63) is 88.5 Å². The molecule has 1 heterocycles. The molecule has 0 spiro atoms. The molecule has 1 aromatic heterocycles. The highest BCUT2D eigenvalue weighted by atomic mass is 16.2. The van der Waals surface area contributed by atoms with Gasteiger partial charge in [-0.05, 0) is 41.8 Å². The Kier molecular flexibility index (Phi) is 5.12. The Morgan fingerprint density at radius 3 is 2.62 bits per heavy atom. The van der Waals surface area contributed by atoms with Crippen molar-refractivity contribution in [3.8, 4) is 0 Å². The highest BCUT2D eigenvalue weighted by Gasteiger charge is 2.13. The third-order valence-electron chi connectivity index (χ3n) is 5.30. The van der Waals surface area contributed by atoms with Crippen molar-refractivity contribution >= 4 is 27.6 Å². The van der Waals surface area contributed by atoms with Crippen LogP contribution in [0.4, 0.5) is 0 Å². The van der Waals surface area contributed by atoms with E-state index in [0.717, 1.165) is 21.9 Å². The fourth-order valence-corrected chi connectivity index (χ4v) is 3.74. The van der Waals surface area contributed by atoms with Gasteiger partial charge in [0.1, 0.15) is 0 Å². The highest BCUT2D eigenvalue weighted by Crippen LogP contribution is 2.24. The van der Waals surface area contributed by atoms with Gasteiger partial charge in [0.2, 0.25) is 5.91 Å². The van der Waals surface area contributed by atoms with E-state index in [1.54, 1.807) is 6.07 Å². The summed E-state index contributed by atoms with van der Waals surface area (Å²) >= 11 is 0. The number of hydrogen-bond donors (Lipinski definition) is 1. The Morgan fingerprint density at radius 1 is 1.03 bits per heavy atom. The largest absolute Gasteiger partial charge is 0.350 e. The van der Waals surface area contributed by atoms with Gasteiger partial charge in [0.05, 0.1) is 23.3 Å². The Balaban J connectivity index is 1.47. The van der Waals surface area contributed by atoms with E-state index in [1.165, 1.54) is 10.9 Å². The number of nitrogens with zero attached hydrogens (tertiary/aromatic N) is 2. The first-order valence-electron chi connectivity index (χ1n) is 9.76. The monoisotopic (exact) mass is 385 g/mol. The Bertz CT molecular complexity index is 1250. The minimum atomic E-state index is -0.122. The minimum Gasteiger partial charge on any atom is -0.350 e. The van der Waals surface area contributed by atoms with Crippen molar-refractivity contribution in [2.24, 2.45) is 0 Å². The summed E-state index contributed by atoms with van der Waals surface area (Å²) in [5.41, 5.74) is 2.64. The number of rotatable bonds is 5. The zero-order valence-electron chi connectivity index (χ0n) is 16.6. The number of nitrogens with one attached hydrogen (secondary N) is 1. The van der Waals surface area contributed by atoms with Crippen molar-refractivity contribution in [2.75, 3.05) is 0 Å². The van der Waals surface area contributed by atoms with Crippen LogP contribution in [-0.4, -0.2) is 15.5 Å². The molecule has 1 N–H and O–H groups in total. The summed E-state index contributed by atoms with van der Waals surface area (Å²) in [5.74, 6) is -0.0957. The average molecular weight is 385 g/mol. The fraction of sp³-hybridized carbons (Fsp3) is 0.208. The number of amides is 1. The van der Waals surface area contributed by atoms with E-state index in [0.29, 0.717) is 17.4 Å². The number of aryl methyl sites for hydroxylation is 2. The molecular weight excluding hydrogens is 362 g/mol. The Morgan fingerprint density at radius 2 is 1.76 bits per heavy atom. The van der Waals surface area contributed by atoms with Gasteiger partial charge in [-0.15, -0.1) is 0 Å². The van der Waals surface area contributed by atoms with Crippen LogP contribution in [0.15, 0.2) is 71.8 Å². The van der Waals surface area contributed by atoms with Crippen LogP contribution in [0, 0.1) is 6.92 Å². The van der Waals surface area contributed by atoms with Crippen molar-refractivity contribution in [1.29, 1.82) is 0 Å². The summed E-state index contributed by atoms with van der Waals surface area (Å²) in [5, 5.41) is 5.91. The van der Waals surface area contributed by atoms with Crippen LogP contribution >= 0.6 is 0 Å². The summed E-state index contributed by atoms with van der Waals surface area (Å²) in [4.78, 5) is 29.6. The van der Waals surface area contributed by atoms with Gasteiger partial charge in [0, 0.05) is 13.0 Å². The summed E-state index contributed by atoms with van der Waals surface area (Å²) < 4.78 is 1.50. The number of fused-ring (bicyclic) bond motifs is 2. The molecule has 0 bridgehead atoms. The predicted molar refractivity (Wildman–Crippen MR) is 116 cm³/mol. The SMILES string of the molecule is Cc1cccc2c(=O)n(CCC(=O)NC(C)c3cccc4ccccc34)cnc12. The molecule has 1 atom stereocenters. The van der Waals surface area contributed by atoms with Crippen LogP contribution < -0.4 is 10.9 Å². The standard InChI is InChI=1S/C24H23N3O2/c1-16-7-5-12-21-23(16)25-15-27(24(21)29)14-13-22(28)26-17(2)19-11-6-9-18-8-3-4-10-20(18)19/h3-12,15,17H,13-14H2,1-2H3,(H,26,28). The highest BCUT2D eigenvalue weighted by molar-refractivity contribution is 5.87. The lowest BCUT2D eigenvalue weighted by atomic mass is 9.99. The van der Waals surface area contributed by atoms with Gasteiger partial charge >= 0.3 is 0 Å². The number of para-hydroxylation sites is 1. The van der Waals surface area contributed by atoms with Crippen LogP contribution in [0.3, 0.4) is 0 Å². The lowest BCUT2D eigenvalue weighted by Gasteiger charge is -2.17. The lowest BCUT2D eigenvalue weighted by Crippen LogP contribution is -2.29. The number of carbonyl (C=O) groups excluding carboxylic acids is 1. The smallest absolute Gasteiger partial charge is 0.261 e. The maximum atomic E-state index is 12.7. The van der Waals surface area contributed by atoms with E-state index < -0.39 is 0 Å². The number of carbonyl (C=O) groups is 1. The quantitative estimate of drug-likeness (QED) is 0.562. The van der Waals surface area contributed by atoms with E-state index in [2.05, 4.69) is 28.5 Å². The fourth-order valence-electron chi connectivity index (χ4n) is 3.74. The van der Waals surface area contributed by atoms with Crippen LogP contribution in [0.5, 0.6) is 0 Å². The van der Waals surface area contributed by atoms with Crippen molar-refractivity contribution in [1.82, 2.24) is 14.9 Å². The molecule has 0 saturated carbocycles. The van der Waals surface area contributed by atoms with Gasteiger partial charge < -0.3 is 5.32 Å².